The Labute approximate surface area is 104 Å². The van der Waals surface area contributed by atoms with E-state index < -0.39 is 17.7 Å². The number of nitrogens with two attached hydrogens (primary N) is 1. The maximum Gasteiger partial charge on any atom is 0.131 e. The summed E-state index contributed by atoms with van der Waals surface area (Å²) >= 11 is 0. The molecular formula is C14H15F2NO. The maximum atomic E-state index is 13.7. The second-order valence-corrected chi connectivity index (χ2v) is 4.37. The molecule has 0 aliphatic carbocycles. The van der Waals surface area contributed by atoms with Crippen LogP contribution in [0.15, 0.2) is 22.6 Å². The SMILES string of the molecule is Cc1oc(C)c(C(N)c2c(F)cccc2F)c1C. The van der Waals surface area contributed by atoms with Gasteiger partial charge in [0.2, 0.25) is 0 Å². The molecule has 4 heteroatoms. The standard InChI is InChI=1S/C14H15F2NO/c1-7-8(2)18-9(3)12(7)14(17)13-10(15)5-4-6-11(13)16/h4-6,14H,17H2,1-3H3. The van der Waals surface area contributed by atoms with E-state index in [1.807, 2.05) is 6.92 Å². The van der Waals surface area contributed by atoms with Crippen LogP contribution in [0.4, 0.5) is 8.78 Å². The van der Waals surface area contributed by atoms with E-state index in [0.29, 0.717) is 11.3 Å². The van der Waals surface area contributed by atoms with Crippen LogP contribution in [0.5, 0.6) is 0 Å². The second kappa shape index (κ2) is 4.53. The molecular weight excluding hydrogens is 236 g/mol. The highest BCUT2D eigenvalue weighted by Crippen LogP contribution is 2.32. The molecule has 1 heterocycles. The third-order valence-electron chi connectivity index (χ3n) is 3.24. The van der Waals surface area contributed by atoms with Crippen molar-refractivity contribution in [3.63, 3.8) is 0 Å². The first-order valence-electron chi connectivity index (χ1n) is 5.69. The molecule has 0 aliphatic rings. The van der Waals surface area contributed by atoms with Crippen LogP contribution in [-0.2, 0) is 0 Å². The molecule has 2 N–H and O–H groups in total. The third kappa shape index (κ3) is 1.93. The van der Waals surface area contributed by atoms with Gasteiger partial charge in [0.1, 0.15) is 23.2 Å². The molecule has 0 bridgehead atoms. The van der Waals surface area contributed by atoms with Crippen LogP contribution < -0.4 is 5.73 Å². The van der Waals surface area contributed by atoms with Gasteiger partial charge in [-0.05, 0) is 38.5 Å². The van der Waals surface area contributed by atoms with E-state index in [9.17, 15) is 8.78 Å². The summed E-state index contributed by atoms with van der Waals surface area (Å²) in [5, 5.41) is 0. The number of furan rings is 1. The maximum absolute atomic E-state index is 13.7. The Kier molecular flexibility index (Phi) is 3.22. The topological polar surface area (TPSA) is 39.2 Å². The molecule has 1 atom stereocenters. The lowest BCUT2D eigenvalue weighted by Gasteiger charge is -2.14. The van der Waals surface area contributed by atoms with Gasteiger partial charge in [-0.2, -0.15) is 0 Å². The fourth-order valence-corrected chi connectivity index (χ4v) is 2.22. The molecule has 0 saturated heterocycles. The molecule has 1 aromatic carbocycles. The van der Waals surface area contributed by atoms with Gasteiger partial charge in [-0.3, -0.25) is 0 Å². The minimum atomic E-state index is -0.858. The number of aryl methyl sites for hydroxylation is 2. The van der Waals surface area contributed by atoms with Crippen molar-refractivity contribution in [3.8, 4) is 0 Å². The summed E-state index contributed by atoms with van der Waals surface area (Å²) in [6.45, 7) is 5.38. The minimum Gasteiger partial charge on any atom is -0.466 e. The first-order valence-corrected chi connectivity index (χ1v) is 5.69. The lowest BCUT2D eigenvalue weighted by molar-refractivity contribution is 0.495. The lowest BCUT2D eigenvalue weighted by Crippen LogP contribution is -2.17. The van der Waals surface area contributed by atoms with Crippen molar-refractivity contribution < 1.29 is 13.2 Å². The number of hydrogen-bond donors (Lipinski definition) is 1. The quantitative estimate of drug-likeness (QED) is 0.886. The second-order valence-electron chi connectivity index (χ2n) is 4.37. The summed E-state index contributed by atoms with van der Waals surface area (Å²) in [5.41, 5.74) is 7.36. The highest BCUT2D eigenvalue weighted by Gasteiger charge is 2.24. The summed E-state index contributed by atoms with van der Waals surface area (Å²) in [7, 11) is 0. The van der Waals surface area contributed by atoms with Gasteiger partial charge in [0, 0.05) is 11.1 Å². The summed E-state index contributed by atoms with van der Waals surface area (Å²) in [4.78, 5) is 0. The number of halogens is 2. The van der Waals surface area contributed by atoms with Crippen molar-refractivity contribution in [2.75, 3.05) is 0 Å². The van der Waals surface area contributed by atoms with Crippen molar-refractivity contribution in [1.82, 2.24) is 0 Å². The number of hydrogen-bond acceptors (Lipinski definition) is 2. The summed E-state index contributed by atoms with van der Waals surface area (Å²) < 4.78 is 32.9. The van der Waals surface area contributed by atoms with Crippen molar-refractivity contribution in [2.24, 2.45) is 5.73 Å². The van der Waals surface area contributed by atoms with Crippen LogP contribution >= 0.6 is 0 Å². The Bertz CT molecular complexity index is 569. The molecule has 2 nitrogen and oxygen atoms in total. The predicted molar refractivity (Wildman–Crippen MR) is 65.3 cm³/mol. The first kappa shape index (κ1) is 12.8. The highest BCUT2D eigenvalue weighted by atomic mass is 19.1. The molecule has 1 aromatic heterocycles. The van der Waals surface area contributed by atoms with E-state index in [-0.39, 0.29) is 5.56 Å². The van der Waals surface area contributed by atoms with Gasteiger partial charge in [-0.25, -0.2) is 8.78 Å². The van der Waals surface area contributed by atoms with Gasteiger partial charge in [0.05, 0.1) is 6.04 Å². The Morgan fingerprint density at radius 3 is 2.00 bits per heavy atom. The normalized spacial score (nSPS) is 12.8. The Hall–Kier alpha value is -1.68. The van der Waals surface area contributed by atoms with E-state index in [1.165, 1.54) is 18.2 Å². The molecule has 96 valence electrons. The van der Waals surface area contributed by atoms with Crippen LogP contribution in [-0.4, -0.2) is 0 Å². The lowest BCUT2D eigenvalue weighted by atomic mass is 9.95. The molecule has 18 heavy (non-hydrogen) atoms. The van der Waals surface area contributed by atoms with Crippen LogP contribution in [0.3, 0.4) is 0 Å². The zero-order valence-corrected chi connectivity index (χ0v) is 10.6. The largest absolute Gasteiger partial charge is 0.466 e. The molecule has 0 saturated carbocycles. The summed E-state index contributed by atoms with van der Waals surface area (Å²) in [6.07, 6.45) is 0. The van der Waals surface area contributed by atoms with Crippen molar-refractivity contribution in [2.45, 2.75) is 26.8 Å². The van der Waals surface area contributed by atoms with Gasteiger partial charge in [-0.1, -0.05) is 6.07 Å². The van der Waals surface area contributed by atoms with Gasteiger partial charge < -0.3 is 10.2 Å². The molecule has 1 unspecified atom stereocenters. The zero-order valence-electron chi connectivity index (χ0n) is 10.6. The summed E-state index contributed by atoms with van der Waals surface area (Å²) in [5.74, 6) is 0.0372. The Morgan fingerprint density at radius 2 is 1.56 bits per heavy atom. The van der Waals surface area contributed by atoms with Crippen LogP contribution in [0, 0.1) is 32.4 Å². The van der Waals surface area contributed by atoms with Crippen LogP contribution in [0.25, 0.3) is 0 Å². The number of benzene rings is 1. The molecule has 0 spiro atoms. The predicted octanol–water partition coefficient (Wildman–Crippen LogP) is 3.53. The molecule has 0 radical (unpaired) electrons. The number of rotatable bonds is 2. The van der Waals surface area contributed by atoms with Gasteiger partial charge in [0.25, 0.3) is 0 Å². The molecule has 2 aromatic rings. The highest BCUT2D eigenvalue weighted by molar-refractivity contribution is 5.41. The van der Waals surface area contributed by atoms with E-state index in [4.69, 9.17) is 10.2 Å². The van der Waals surface area contributed by atoms with E-state index >= 15 is 0 Å². The smallest absolute Gasteiger partial charge is 0.131 e. The van der Waals surface area contributed by atoms with E-state index in [0.717, 1.165) is 11.3 Å². The van der Waals surface area contributed by atoms with E-state index in [1.54, 1.807) is 13.8 Å². The van der Waals surface area contributed by atoms with Crippen molar-refractivity contribution in [1.29, 1.82) is 0 Å². The first-order chi connectivity index (χ1) is 8.43. The van der Waals surface area contributed by atoms with Crippen molar-refractivity contribution in [3.05, 3.63) is 58.0 Å². The Morgan fingerprint density at radius 1 is 1.00 bits per heavy atom. The average molecular weight is 251 g/mol. The minimum absolute atomic E-state index is 0.121. The van der Waals surface area contributed by atoms with Gasteiger partial charge >= 0.3 is 0 Å². The fraction of sp³-hybridized carbons (Fsp3) is 0.286. The zero-order chi connectivity index (χ0) is 13.4. The molecule has 0 amide bonds. The van der Waals surface area contributed by atoms with Gasteiger partial charge in [-0.15, -0.1) is 0 Å². The van der Waals surface area contributed by atoms with Gasteiger partial charge in [0.15, 0.2) is 0 Å². The fourth-order valence-electron chi connectivity index (χ4n) is 2.22. The van der Waals surface area contributed by atoms with Crippen LogP contribution in [0.1, 0.15) is 34.3 Å². The van der Waals surface area contributed by atoms with Crippen LogP contribution in [0.2, 0.25) is 0 Å². The molecule has 0 fully saturated rings. The monoisotopic (exact) mass is 251 g/mol. The van der Waals surface area contributed by atoms with E-state index in [2.05, 4.69) is 0 Å². The molecule has 0 aliphatic heterocycles. The Balaban J connectivity index is 2.58. The van der Waals surface area contributed by atoms with Crippen molar-refractivity contribution >= 4 is 0 Å². The summed E-state index contributed by atoms with van der Waals surface area (Å²) in [6, 6.07) is 2.87. The average Bonchev–Trinajstić information content (AvgIpc) is 2.52. The third-order valence-corrected chi connectivity index (χ3v) is 3.24. The molecule has 2 rings (SSSR count).